The summed E-state index contributed by atoms with van der Waals surface area (Å²) >= 11 is 5.87. The second kappa shape index (κ2) is 8.41. The molecule has 0 saturated heterocycles. The van der Waals surface area contributed by atoms with Crippen LogP contribution in [-0.4, -0.2) is 22.0 Å². The summed E-state index contributed by atoms with van der Waals surface area (Å²) in [5, 5.41) is 11.3. The van der Waals surface area contributed by atoms with Crippen LogP contribution in [0.1, 0.15) is 53.5 Å². The van der Waals surface area contributed by atoms with E-state index in [-0.39, 0.29) is 30.4 Å². The van der Waals surface area contributed by atoms with Gasteiger partial charge in [-0.05, 0) is 36.1 Å². The number of hydrogen-bond donors (Lipinski definition) is 2. The van der Waals surface area contributed by atoms with Gasteiger partial charge >= 0.3 is 12.1 Å². The summed E-state index contributed by atoms with van der Waals surface area (Å²) in [6, 6.07) is 6.96. The van der Waals surface area contributed by atoms with Gasteiger partial charge in [-0.2, -0.15) is 13.2 Å². The summed E-state index contributed by atoms with van der Waals surface area (Å²) in [5.41, 5.74) is 0.450. The van der Waals surface area contributed by atoms with Crippen LogP contribution in [0.5, 0.6) is 0 Å². The summed E-state index contributed by atoms with van der Waals surface area (Å²) in [7, 11) is 0. The molecule has 2 N–H and O–H groups in total. The van der Waals surface area contributed by atoms with Gasteiger partial charge in [0.2, 0.25) is 5.91 Å². The smallest absolute Gasteiger partial charge is 0.417 e. The van der Waals surface area contributed by atoms with Crippen molar-refractivity contribution < 1.29 is 27.9 Å². The average molecular weight is 427 g/mol. The molecule has 9 heteroatoms. The third kappa shape index (κ3) is 4.70. The van der Waals surface area contributed by atoms with Gasteiger partial charge in [0.15, 0.2) is 0 Å². The second-order valence-electron chi connectivity index (χ2n) is 6.90. The highest BCUT2D eigenvalue weighted by Gasteiger charge is 2.35. The van der Waals surface area contributed by atoms with Crippen molar-refractivity contribution in [1.82, 2.24) is 10.3 Å². The third-order valence-corrected chi connectivity index (χ3v) is 5.46. The van der Waals surface area contributed by atoms with E-state index in [1.54, 1.807) is 18.3 Å². The van der Waals surface area contributed by atoms with E-state index in [1.807, 2.05) is 0 Å². The van der Waals surface area contributed by atoms with Gasteiger partial charge < -0.3 is 10.4 Å². The van der Waals surface area contributed by atoms with E-state index >= 15 is 0 Å². The number of fused-ring (bicyclic) bond motifs is 1. The number of halogens is 4. The van der Waals surface area contributed by atoms with Crippen molar-refractivity contribution >= 4 is 23.5 Å². The molecule has 1 heterocycles. The highest BCUT2D eigenvalue weighted by molar-refractivity contribution is 6.32. The van der Waals surface area contributed by atoms with Crippen molar-refractivity contribution in [2.75, 3.05) is 0 Å². The molecule has 0 radical (unpaired) electrons. The van der Waals surface area contributed by atoms with Gasteiger partial charge in [-0.15, -0.1) is 0 Å². The Labute approximate surface area is 169 Å². The van der Waals surface area contributed by atoms with Crippen LogP contribution in [0.15, 0.2) is 36.5 Å². The zero-order valence-corrected chi connectivity index (χ0v) is 15.9. The van der Waals surface area contributed by atoms with Crippen molar-refractivity contribution in [2.45, 2.75) is 43.8 Å². The number of nitrogens with zero attached hydrogens (tertiary/aromatic N) is 1. The van der Waals surface area contributed by atoms with Crippen LogP contribution < -0.4 is 5.32 Å². The van der Waals surface area contributed by atoms with Crippen molar-refractivity contribution in [3.05, 3.63) is 63.9 Å². The van der Waals surface area contributed by atoms with Gasteiger partial charge in [-0.3, -0.25) is 14.6 Å². The molecule has 154 valence electrons. The van der Waals surface area contributed by atoms with Crippen molar-refractivity contribution in [3.63, 3.8) is 0 Å². The van der Waals surface area contributed by atoms with Crippen LogP contribution >= 0.6 is 11.6 Å². The molecule has 0 fully saturated rings. The number of carboxylic acid groups (broad SMARTS) is 1. The summed E-state index contributed by atoms with van der Waals surface area (Å²) in [6.07, 6.45) is -2.18. The topological polar surface area (TPSA) is 79.3 Å². The molecule has 0 saturated carbocycles. The molecule has 1 aliphatic carbocycles. The van der Waals surface area contributed by atoms with Crippen LogP contribution in [-0.2, 0) is 22.3 Å². The molecule has 29 heavy (non-hydrogen) atoms. The van der Waals surface area contributed by atoms with Gasteiger partial charge in [-0.25, -0.2) is 0 Å². The van der Waals surface area contributed by atoms with E-state index in [0.717, 1.165) is 6.07 Å². The fourth-order valence-corrected chi connectivity index (χ4v) is 3.95. The number of aromatic nitrogens is 1. The molecule has 1 aliphatic rings. The number of amides is 1. The molecule has 0 aliphatic heterocycles. The van der Waals surface area contributed by atoms with Gasteiger partial charge in [0.05, 0.1) is 22.9 Å². The standard InChI is InChI=1S/C20H18ClF3N2O3/c21-17-12(3-1-5-15(17)20(22,23)24)10-26-19(29)14-7-6-11(9-16(27)28)18-13(14)4-2-8-25-18/h1-5,8,11,14H,6-7,9-10H2,(H,26,29)(H,27,28). The van der Waals surface area contributed by atoms with Gasteiger partial charge in [0.1, 0.15) is 0 Å². The number of carbonyl (C=O) groups excluding carboxylic acids is 1. The van der Waals surface area contributed by atoms with Crippen LogP contribution in [0, 0.1) is 0 Å². The predicted molar refractivity (Wildman–Crippen MR) is 99.5 cm³/mol. The van der Waals surface area contributed by atoms with E-state index < -0.39 is 28.6 Å². The Kier molecular flexibility index (Phi) is 6.12. The molecule has 2 atom stereocenters. The zero-order valence-electron chi connectivity index (χ0n) is 15.2. The Balaban J connectivity index is 1.76. The van der Waals surface area contributed by atoms with Crippen LogP contribution in [0.25, 0.3) is 0 Å². The highest BCUT2D eigenvalue weighted by atomic mass is 35.5. The first-order valence-corrected chi connectivity index (χ1v) is 9.35. The third-order valence-electron chi connectivity index (χ3n) is 5.01. The van der Waals surface area contributed by atoms with E-state index in [9.17, 15) is 22.8 Å². The monoisotopic (exact) mass is 426 g/mol. The molecule has 3 rings (SSSR count). The van der Waals surface area contributed by atoms with Crippen LogP contribution in [0.2, 0.25) is 5.02 Å². The lowest BCUT2D eigenvalue weighted by atomic mass is 9.78. The van der Waals surface area contributed by atoms with Gasteiger partial charge in [0, 0.05) is 24.4 Å². The minimum Gasteiger partial charge on any atom is -0.481 e. The predicted octanol–water partition coefficient (Wildman–Crippen LogP) is 4.51. The molecule has 1 aromatic heterocycles. The maximum absolute atomic E-state index is 13.0. The first-order valence-electron chi connectivity index (χ1n) is 8.97. The minimum absolute atomic E-state index is 0.0712. The second-order valence-corrected chi connectivity index (χ2v) is 7.27. The number of hydrogen-bond acceptors (Lipinski definition) is 3. The number of aliphatic carboxylic acids is 1. The molecular formula is C20H18ClF3N2O3. The lowest BCUT2D eigenvalue weighted by molar-refractivity contribution is -0.138. The Hall–Kier alpha value is -2.61. The largest absolute Gasteiger partial charge is 0.481 e. The van der Waals surface area contributed by atoms with Crippen molar-refractivity contribution in [3.8, 4) is 0 Å². The highest BCUT2D eigenvalue weighted by Crippen LogP contribution is 2.40. The summed E-state index contributed by atoms with van der Waals surface area (Å²) in [4.78, 5) is 28.1. The molecular weight excluding hydrogens is 409 g/mol. The first-order chi connectivity index (χ1) is 13.7. The Bertz CT molecular complexity index is 933. The molecule has 1 aromatic carbocycles. The Morgan fingerprint density at radius 3 is 2.66 bits per heavy atom. The summed E-state index contributed by atoms with van der Waals surface area (Å²) in [6.45, 7) is -0.147. The lowest BCUT2D eigenvalue weighted by Gasteiger charge is -2.29. The van der Waals surface area contributed by atoms with Crippen molar-refractivity contribution in [2.24, 2.45) is 0 Å². The quantitative estimate of drug-likeness (QED) is 0.737. The number of carboxylic acids is 1. The lowest BCUT2D eigenvalue weighted by Crippen LogP contribution is -2.32. The Morgan fingerprint density at radius 1 is 1.21 bits per heavy atom. The number of alkyl halides is 3. The molecule has 1 amide bonds. The van der Waals surface area contributed by atoms with Crippen LogP contribution in [0.4, 0.5) is 13.2 Å². The van der Waals surface area contributed by atoms with E-state index in [0.29, 0.717) is 24.1 Å². The number of rotatable bonds is 5. The Morgan fingerprint density at radius 2 is 1.97 bits per heavy atom. The van der Waals surface area contributed by atoms with Crippen molar-refractivity contribution in [1.29, 1.82) is 0 Å². The van der Waals surface area contributed by atoms with E-state index in [4.69, 9.17) is 16.7 Å². The van der Waals surface area contributed by atoms with Crippen LogP contribution in [0.3, 0.4) is 0 Å². The van der Waals surface area contributed by atoms with Gasteiger partial charge in [-0.1, -0.05) is 29.8 Å². The molecule has 5 nitrogen and oxygen atoms in total. The minimum atomic E-state index is -4.58. The average Bonchev–Trinajstić information content (AvgIpc) is 2.66. The fourth-order valence-electron chi connectivity index (χ4n) is 3.65. The SMILES string of the molecule is O=C(O)CC1CCC(C(=O)NCc2cccc(C(F)(F)F)c2Cl)c2cccnc21. The van der Waals surface area contributed by atoms with E-state index in [1.165, 1.54) is 12.1 Å². The molecule has 2 unspecified atom stereocenters. The molecule has 0 bridgehead atoms. The summed E-state index contributed by atoms with van der Waals surface area (Å²) in [5.74, 6) is -2.12. The normalized spacial score (nSPS) is 18.8. The summed E-state index contributed by atoms with van der Waals surface area (Å²) < 4.78 is 39.0. The first kappa shape index (κ1) is 21.1. The number of benzene rings is 1. The zero-order chi connectivity index (χ0) is 21.2. The van der Waals surface area contributed by atoms with E-state index in [2.05, 4.69) is 10.3 Å². The molecule has 2 aromatic rings. The number of carbonyl (C=O) groups is 2. The van der Waals surface area contributed by atoms with Gasteiger partial charge in [0.25, 0.3) is 0 Å². The number of nitrogens with one attached hydrogen (secondary N) is 1. The maximum atomic E-state index is 13.0. The fraction of sp³-hybridized carbons (Fsp3) is 0.350. The molecule has 0 spiro atoms. The maximum Gasteiger partial charge on any atom is 0.417 e. The number of pyridine rings is 1.